The minimum absolute atomic E-state index is 0.270. The van der Waals surface area contributed by atoms with Crippen LogP contribution in [0.2, 0.25) is 0 Å². The average Bonchev–Trinajstić information content (AvgIpc) is 2.54. The standard InChI is InChI=1S/C16H16FN3O3/c1-23-16(22)20-14-4-2-3-13(9-14)19-15(21)18-10-11-5-7-12(17)8-6-11/h2-9H,10H2,1H3,(H,20,22)(H2,18,19,21). The number of ether oxygens (including phenoxy) is 1. The third-order valence-electron chi connectivity index (χ3n) is 2.92. The molecule has 0 aliphatic rings. The third kappa shape index (κ3) is 5.31. The van der Waals surface area contributed by atoms with Crippen LogP contribution >= 0.6 is 0 Å². The van der Waals surface area contributed by atoms with Gasteiger partial charge >= 0.3 is 12.1 Å². The second-order valence-corrected chi connectivity index (χ2v) is 4.63. The van der Waals surface area contributed by atoms with Gasteiger partial charge in [-0.1, -0.05) is 18.2 Å². The summed E-state index contributed by atoms with van der Waals surface area (Å²) < 4.78 is 17.3. The summed E-state index contributed by atoms with van der Waals surface area (Å²) in [6.07, 6.45) is -0.595. The number of hydrogen-bond donors (Lipinski definition) is 3. The fourth-order valence-corrected chi connectivity index (χ4v) is 1.80. The number of nitrogens with one attached hydrogen (secondary N) is 3. The van der Waals surface area contributed by atoms with Crippen molar-refractivity contribution >= 4 is 23.5 Å². The predicted octanol–water partition coefficient (Wildman–Crippen LogP) is 3.33. The number of halogens is 1. The number of hydrogen-bond acceptors (Lipinski definition) is 3. The van der Waals surface area contributed by atoms with Crippen molar-refractivity contribution in [2.75, 3.05) is 17.7 Å². The summed E-state index contributed by atoms with van der Waals surface area (Å²) in [6.45, 7) is 0.270. The maximum absolute atomic E-state index is 12.8. The molecule has 6 nitrogen and oxygen atoms in total. The van der Waals surface area contributed by atoms with Crippen LogP contribution in [0.4, 0.5) is 25.4 Å². The number of methoxy groups -OCH3 is 1. The molecule has 0 bridgehead atoms. The quantitative estimate of drug-likeness (QED) is 0.809. The van der Waals surface area contributed by atoms with Gasteiger partial charge < -0.3 is 15.4 Å². The molecule has 3 amide bonds. The fraction of sp³-hybridized carbons (Fsp3) is 0.125. The molecule has 2 rings (SSSR count). The van der Waals surface area contributed by atoms with Crippen molar-refractivity contribution in [2.24, 2.45) is 0 Å². The van der Waals surface area contributed by atoms with Crippen molar-refractivity contribution in [1.29, 1.82) is 0 Å². The Hall–Kier alpha value is -3.09. The van der Waals surface area contributed by atoms with Gasteiger partial charge in [-0.25, -0.2) is 14.0 Å². The van der Waals surface area contributed by atoms with E-state index in [0.29, 0.717) is 11.4 Å². The van der Waals surface area contributed by atoms with E-state index in [1.54, 1.807) is 36.4 Å². The predicted molar refractivity (Wildman–Crippen MR) is 84.7 cm³/mol. The fourth-order valence-electron chi connectivity index (χ4n) is 1.80. The van der Waals surface area contributed by atoms with E-state index in [-0.39, 0.29) is 12.4 Å². The molecule has 0 aromatic heterocycles. The lowest BCUT2D eigenvalue weighted by Crippen LogP contribution is -2.28. The lowest BCUT2D eigenvalue weighted by atomic mass is 10.2. The van der Waals surface area contributed by atoms with E-state index >= 15 is 0 Å². The van der Waals surface area contributed by atoms with Gasteiger partial charge in [0.05, 0.1) is 7.11 Å². The van der Waals surface area contributed by atoms with Crippen LogP contribution in [0.15, 0.2) is 48.5 Å². The van der Waals surface area contributed by atoms with Crippen LogP contribution in [-0.2, 0) is 11.3 Å². The Morgan fingerprint density at radius 2 is 1.70 bits per heavy atom. The zero-order valence-electron chi connectivity index (χ0n) is 12.4. The Kier molecular flexibility index (Phi) is 5.51. The van der Waals surface area contributed by atoms with Gasteiger partial charge in [-0.05, 0) is 35.9 Å². The van der Waals surface area contributed by atoms with E-state index in [1.807, 2.05) is 0 Å². The normalized spacial score (nSPS) is 9.83. The topological polar surface area (TPSA) is 79.5 Å². The van der Waals surface area contributed by atoms with Crippen molar-refractivity contribution in [3.63, 3.8) is 0 Å². The molecule has 0 radical (unpaired) electrons. The van der Waals surface area contributed by atoms with E-state index < -0.39 is 12.1 Å². The number of carbonyl (C=O) groups excluding carboxylic acids is 2. The number of rotatable bonds is 4. The first-order valence-corrected chi connectivity index (χ1v) is 6.81. The summed E-state index contributed by atoms with van der Waals surface area (Å²) in [5, 5.41) is 7.79. The van der Waals surface area contributed by atoms with Gasteiger partial charge in [-0.3, -0.25) is 5.32 Å². The molecule has 3 N–H and O–H groups in total. The van der Waals surface area contributed by atoms with Gasteiger partial charge in [0.2, 0.25) is 0 Å². The van der Waals surface area contributed by atoms with E-state index in [1.165, 1.54) is 19.2 Å². The molecule has 0 saturated carbocycles. The lowest BCUT2D eigenvalue weighted by Gasteiger charge is -2.09. The van der Waals surface area contributed by atoms with Crippen LogP contribution in [0.5, 0.6) is 0 Å². The Bertz CT molecular complexity index is 689. The molecule has 0 fully saturated rings. The van der Waals surface area contributed by atoms with Crippen molar-refractivity contribution in [3.8, 4) is 0 Å². The zero-order chi connectivity index (χ0) is 16.7. The van der Waals surface area contributed by atoms with E-state index in [0.717, 1.165) is 5.56 Å². The first-order chi connectivity index (χ1) is 11.1. The smallest absolute Gasteiger partial charge is 0.411 e. The molecule has 7 heteroatoms. The maximum Gasteiger partial charge on any atom is 0.411 e. The van der Waals surface area contributed by atoms with Crippen molar-refractivity contribution in [2.45, 2.75) is 6.54 Å². The molecule has 2 aromatic carbocycles. The zero-order valence-corrected chi connectivity index (χ0v) is 12.4. The minimum atomic E-state index is -0.595. The summed E-state index contributed by atoms with van der Waals surface area (Å²) in [7, 11) is 1.26. The molecule has 0 aliphatic carbocycles. The Labute approximate surface area is 132 Å². The number of benzene rings is 2. The SMILES string of the molecule is COC(=O)Nc1cccc(NC(=O)NCc2ccc(F)cc2)c1. The van der Waals surface area contributed by atoms with Crippen LogP contribution in [0.3, 0.4) is 0 Å². The second-order valence-electron chi connectivity index (χ2n) is 4.63. The molecule has 2 aromatic rings. The monoisotopic (exact) mass is 317 g/mol. The molecule has 0 saturated heterocycles. The maximum atomic E-state index is 12.8. The Morgan fingerprint density at radius 1 is 1.04 bits per heavy atom. The summed E-state index contributed by atoms with van der Waals surface area (Å²) in [4.78, 5) is 23.0. The van der Waals surface area contributed by atoms with Crippen molar-refractivity contribution in [3.05, 3.63) is 59.9 Å². The molecule has 23 heavy (non-hydrogen) atoms. The highest BCUT2D eigenvalue weighted by Crippen LogP contribution is 2.15. The Morgan fingerprint density at radius 3 is 2.35 bits per heavy atom. The molecule has 0 unspecified atom stereocenters. The molecule has 120 valence electrons. The van der Waals surface area contributed by atoms with Crippen LogP contribution in [0.1, 0.15) is 5.56 Å². The summed E-state index contributed by atoms with van der Waals surface area (Å²) in [6, 6.07) is 12.1. The van der Waals surface area contributed by atoms with Gasteiger partial charge in [0.1, 0.15) is 5.82 Å². The molecule has 0 spiro atoms. The first-order valence-electron chi connectivity index (χ1n) is 6.81. The molecule has 0 atom stereocenters. The largest absolute Gasteiger partial charge is 0.453 e. The van der Waals surface area contributed by atoms with Gasteiger partial charge in [0.15, 0.2) is 0 Å². The van der Waals surface area contributed by atoms with Crippen LogP contribution in [-0.4, -0.2) is 19.2 Å². The third-order valence-corrected chi connectivity index (χ3v) is 2.92. The minimum Gasteiger partial charge on any atom is -0.453 e. The first kappa shape index (κ1) is 16.3. The highest BCUT2D eigenvalue weighted by Gasteiger charge is 2.05. The van der Waals surface area contributed by atoms with Crippen LogP contribution in [0.25, 0.3) is 0 Å². The second kappa shape index (κ2) is 7.79. The molecular weight excluding hydrogens is 301 g/mol. The summed E-state index contributed by atoms with van der Waals surface area (Å²) >= 11 is 0. The summed E-state index contributed by atoms with van der Waals surface area (Å²) in [5.74, 6) is -0.326. The highest BCUT2D eigenvalue weighted by molar-refractivity contribution is 5.91. The number of amides is 3. The van der Waals surface area contributed by atoms with E-state index in [4.69, 9.17) is 0 Å². The van der Waals surface area contributed by atoms with Gasteiger partial charge in [0, 0.05) is 17.9 Å². The van der Waals surface area contributed by atoms with E-state index in [9.17, 15) is 14.0 Å². The van der Waals surface area contributed by atoms with Gasteiger partial charge in [-0.15, -0.1) is 0 Å². The van der Waals surface area contributed by atoms with Crippen LogP contribution < -0.4 is 16.0 Å². The highest BCUT2D eigenvalue weighted by atomic mass is 19.1. The summed E-state index contributed by atoms with van der Waals surface area (Å²) in [5.41, 5.74) is 1.78. The van der Waals surface area contributed by atoms with Gasteiger partial charge in [0.25, 0.3) is 0 Å². The number of anilines is 2. The van der Waals surface area contributed by atoms with Crippen LogP contribution in [0, 0.1) is 5.82 Å². The lowest BCUT2D eigenvalue weighted by molar-refractivity contribution is 0.187. The average molecular weight is 317 g/mol. The van der Waals surface area contributed by atoms with Crippen molar-refractivity contribution in [1.82, 2.24) is 5.32 Å². The number of carbonyl (C=O) groups is 2. The Balaban J connectivity index is 1.88. The molecular formula is C16H16FN3O3. The van der Waals surface area contributed by atoms with Gasteiger partial charge in [-0.2, -0.15) is 0 Å². The van der Waals surface area contributed by atoms with Crippen molar-refractivity contribution < 1.29 is 18.7 Å². The molecule has 0 heterocycles. The van der Waals surface area contributed by atoms with E-state index in [2.05, 4.69) is 20.7 Å². The number of urea groups is 1. The molecule has 0 aliphatic heterocycles.